The molecule has 20 heavy (non-hydrogen) atoms. The van der Waals surface area contributed by atoms with E-state index in [1.807, 2.05) is 0 Å². The van der Waals surface area contributed by atoms with E-state index >= 15 is 0 Å². The minimum absolute atomic E-state index is 0.133. The average Bonchev–Trinajstić information content (AvgIpc) is 2.37. The highest BCUT2D eigenvalue weighted by Gasteiger charge is 2.30. The number of hydrogen-bond acceptors (Lipinski definition) is 2. The molecule has 0 bridgehead atoms. The molecule has 0 radical (unpaired) electrons. The van der Waals surface area contributed by atoms with Gasteiger partial charge in [0.15, 0.2) is 0 Å². The zero-order valence-corrected chi connectivity index (χ0v) is 13.1. The summed E-state index contributed by atoms with van der Waals surface area (Å²) in [6.45, 7) is 9.49. The molecule has 114 valence electrons. The van der Waals surface area contributed by atoms with E-state index < -0.39 is 12.0 Å². The second-order valence-corrected chi connectivity index (χ2v) is 6.33. The van der Waals surface area contributed by atoms with Gasteiger partial charge in [0.1, 0.15) is 6.04 Å². The second-order valence-electron chi connectivity index (χ2n) is 6.33. The molecule has 0 aliphatic carbocycles. The van der Waals surface area contributed by atoms with Crippen molar-refractivity contribution in [1.82, 2.24) is 9.80 Å². The van der Waals surface area contributed by atoms with Crippen LogP contribution in [0.1, 0.15) is 40.5 Å². The van der Waals surface area contributed by atoms with Gasteiger partial charge in [0.25, 0.3) is 0 Å². The Hall–Kier alpha value is -1.52. The van der Waals surface area contributed by atoms with E-state index in [4.69, 9.17) is 5.11 Å². The van der Waals surface area contributed by atoms with Crippen LogP contribution in [0, 0.1) is 5.41 Å². The summed E-state index contributed by atoms with van der Waals surface area (Å²) < 4.78 is 0. The molecule has 2 amide bonds. The van der Waals surface area contributed by atoms with Crippen LogP contribution in [0.15, 0.2) is 11.6 Å². The highest BCUT2D eigenvalue weighted by Crippen LogP contribution is 2.30. The third-order valence-electron chi connectivity index (χ3n) is 3.88. The maximum atomic E-state index is 12.3. The molecule has 0 saturated carbocycles. The fourth-order valence-electron chi connectivity index (χ4n) is 2.49. The number of urea groups is 1. The number of amides is 2. The third-order valence-corrected chi connectivity index (χ3v) is 3.88. The van der Waals surface area contributed by atoms with Crippen molar-refractivity contribution in [3.8, 4) is 0 Å². The van der Waals surface area contributed by atoms with Crippen LogP contribution in [0.25, 0.3) is 0 Å². The Labute approximate surface area is 121 Å². The molecule has 1 aliphatic rings. The van der Waals surface area contributed by atoms with Gasteiger partial charge in [0.05, 0.1) is 0 Å². The number of likely N-dealkylation sites (N-methyl/N-ethyl adjacent to an activating group) is 1. The van der Waals surface area contributed by atoms with Crippen LogP contribution in [-0.2, 0) is 4.79 Å². The Balaban J connectivity index is 2.72. The van der Waals surface area contributed by atoms with Crippen molar-refractivity contribution in [3.63, 3.8) is 0 Å². The summed E-state index contributed by atoms with van der Waals surface area (Å²) in [5, 5.41) is 9.12. The maximum Gasteiger partial charge on any atom is 0.326 e. The van der Waals surface area contributed by atoms with Crippen LogP contribution in [0.2, 0.25) is 0 Å². The number of aliphatic carboxylic acids is 1. The normalized spacial score (nSPS) is 17.4. The van der Waals surface area contributed by atoms with Gasteiger partial charge in [0.2, 0.25) is 0 Å². The van der Waals surface area contributed by atoms with Gasteiger partial charge in [-0.1, -0.05) is 39.3 Å². The predicted molar refractivity (Wildman–Crippen MR) is 78.6 cm³/mol. The van der Waals surface area contributed by atoms with E-state index in [1.165, 1.54) is 10.5 Å². The molecule has 0 fully saturated rings. The summed E-state index contributed by atoms with van der Waals surface area (Å²) in [4.78, 5) is 26.5. The van der Waals surface area contributed by atoms with Gasteiger partial charge in [-0.2, -0.15) is 0 Å². The maximum absolute atomic E-state index is 12.3. The van der Waals surface area contributed by atoms with Crippen molar-refractivity contribution in [1.29, 1.82) is 0 Å². The van der Waals surface area contributed by atoms with Crippen molar-refractivity contribution >= 4 is 12.0 Å². The lowest BCUT2D eigenvalue weighted by molar-refractivity contribution is -0.142. The molecule has 0 spiro atoms. The molecule has 1 N–H and O–H groups in total. The largest absolute Gasteiger partial charge is 0.480 e. The lowest BCUT2D eigenvalue weighted by atomic mass is 9.83. The smallest absolute Gasteiger partial charge is 0.326 e. The average molecular weight is 282 g/mol. The minimum atomic E-state index is -0.953. The van der Waals surface area contributed by atoms with Gasteiger partial charge in [-0.25, -0.2) is 9.59 Å². The first-order valence-electron chi connectivity index (χ1n) is 7.12. The molecule has 0 aromatic heterocycles. The predicted octanol–water partition coefficient (Wildman–Crippen LogP) is 2.58. The lowest BCUT2D eigenvalue weighted by Crippen LogP contribution is -2.50. The molecule has 0 aromatic carbocycles. The first-order valence-corrected chi connectivity index (χ1v) is 7.12. The number of hydrogen-bond donors (Lipinski definition) is 1. The molecule has 0 saturated heterocycles. The molecule has 1 rings (SSSR count). The summed E-state index contributed by atoms with van der Waals surface area (Å²) in [5.74, 6) is -0.953. The first-order chi connectivity index (χ1) is 9.18. The topological polar surface area (TPSA) is 60.9 Å². The van der Waals surface area contributed by atoms with Crippen molar-refractivity contribution in [2.75, 3.05) is 20.1 Å². The van der Waals surface area contributed by atoms with E-state index in [0.29, 0.717) is 19.5 Å². The zero-order chi connectivity index (χ0) is 15.5. The van der Waals surface area contributed by atoms with E-state index in [1.54, 1.807) is 18.9 Å². The second kappa shape index (κ2) is 6.29. The molecule has 1 aliphatic heterocycles. The summed E-state index contributed by atoms with van der Waals surface area (Å²) in [5.41, 5.74) is 1.49. The van der Waals surface area contributed by atoms with Crippen LogP contribution in [-0.4, -0.2) is 53.1 Å². The Morgan fingerprint density at radius 1 is 1.45 bits per heavy atom. The van der Waals surface area contributed by atoms with Crippen LogP contribution in [0.4, 0.5) is 4.79 Å². The number of carbonyl (C=O) groups excluding carboxylic acids is 1. The van der Waals surface area contributed by atoms with E-state index in [-0.39, 0.29) is 11.4 Å². The van der Waals surface area contributed by atoms with Crippen molar-refractivity contribution in [2.24, 2.45) is 5.41 Å². The summed E-state index contributed by atoms with van der Waals surface area (Å²) in [6.07, 6.45) is 3.36. The van der Waals surface area contributed by atoms with Gasteiger partial charge in [-0.15, -0.1) is 0 Å². The molecular weight excluding hydrogens is 256 g/mol. The number of carbonyl (C=O) groups is 2. The summed E-state index contributed by atoms with van der Waals surface area (Å²) >= 11 is 0. The Bertz CT molecular complexity index is 410. The van der Waals surface area contributed by atoms with Crippen LogP contribution in [0.3, 0.4) is 0 Å². The quantitative estimate of drug-likeness (QED) is 0.809. The standard InChI is InChI=1S/C15H26N2O3/c1-6-12(13(18)19)16(5)14(20)17-9-7-11(8-10-17)15(2,3)4/h7,12H,6,8-10H2,1-5H3,(H,18,19). The van der Waals surface area contributed by atoms with Crippen molar-refractivity contribution in [3.05, 3.63) is 11.6 Å². The number of nitrogens with zero attached hydrogens (tertiary/aromatic N) is 2. The first kappa shape index (κ1) is 16.5. The van der Waals surface area contributed by atoms with Gasteiger partial charge in [0, 0.05) is 20.1 Å². The molecule has 1 heterocycles. The van der Waals surface area contributed by atoms with Gasteiger partial charge in [-0.05, 0) is 18.3 Å². The van der Waals surface area contributed by atoms with Crippen LogP contribution in [0.5, 0.6) is 0 Å². The number of carboxylic acid groups (broad SMARTS) is 1. The third kappa shape index (κ3) is 3.74. The van der Waals surface area contributed by atoms with Gasteiger partial charge < -0.3 is 14.9 Å². The molecular formula is C15H26N2O3. The molecule has 1 unspecified atom stereocenters. The van der Waals surface area contributed by atoms with Crippen LogP contribution >= 0.6 is 0 Å². The van der Waals surface area contributed by atoms with Crippen molar-refractivity contribution < 1.29 is 14.7 Å². The van der Waals surface area contributed by atoms with E-state index in [0.717, 1.165) is 6.42 Å². The Morgan fingerprint density at radius 3 is 2.40 bits per heavy atom. The molecule has 0 aromatic rings. The highest BCUT2D eigenvalue weighted by atomic mass is 16.4. The van der Waals surface area contributed by atoms with E-state index in [2.05, 4.69) is 26.8 Å². The summed E-state index contributed by atoms with van der Waals surface area (Å²) in [6, 6.07) is -0.959. The lowest BCUT2D eigenvalue weighted by Gasteiger charge is -2.35. The summed E-state index contributed by atoms with van der Waals surface area (Å²) in [7, 11) is 1.56. The molecule has 5 nitrogen and oxygen atoms in total. The highest BCUT2D eigenvalue weighted by molar-refractivity contribution is 5.82. The van der Waals surface area contributed by atoms with Gasteiger partial charge in [-0.3, -0.25) is 0 Å². The monoisotopic (exact) mass is 282 g/mol. The van der Waals surface area contributed by atoms with Crippen LogP contribution < -0.4 is 0 Å². The molecule has 1 atom stereocenters. The number of rotatable bonds is 3. The SMILES string of the molecule is CCC(C(=O)O)N(C)C(=O)N1CC=C(C(C)(C)C)CC1. The fraction of sp³-hybridized carbons (Fsp3) is 0.733. The fourth-order valence-corrected chi connectivity index (χ4v) is 2.49. The molecule has 5 heteroatoms. The Morgan fingerprint density at radius 2 is 2.05 bits per heavy atom. The number of carboxylic acids is 1. The Kier molecular flexibility index (Phi) is 5.20. The van der Waals surface area contributed by atoms with E-state index in [9.17, 15) is 9.59 Å². The minimum Gasteiger partial charge on any atom is -0.480 e. The van der Waals surface area contributed by atoms with Crippen molar-refractivity contribution in [2.45, 2.75) is 46.6 Å². The van der Waals surface area contributed by atoms with Gasteiger partial charge >= 0.3 is 12.0 Å². The zero-order valence-electron chi connectivity index (χ0n) is 13.1.